The summed E-state index contributed by atoms with van der Waals surface area (Å²) in [6.07, 6.45) is -4.45. The molecule has 0 fully saturated rings. The SMILES string of the molecule is CC(C)(C)OC(=O)c1c(NC(=O)C(F)(F)F)sc2c1CCSC2. The Morgan fingerprint density at radius 2 is 1.87 bits per heavy atom. The van der Waals surface area contributed by atoms with E-state index in [-0.39, 0.29) is 10.6 Å². The number of alkyl halides is 3. The van der Waals surface area contributed by atoms with Crippen molar-refractivity contribution in [2.75, 3.05) is 11.1 Å². The summed E-state index contributed by atoms with van der Waals surface area (Å²) < 4.78 is 42.8. The van der Waals surface area contributed by atoms with Gasteiger partial charge in [0.25, 0.3) is 0 Å². The zero-order chi connectivity index (χ0) is 17.4. The largest absolute Gasteiger partial charge is 0.471 e. The second-order valence-electron chi connectivity index (χ2n) is 5.96. The maximum atomic E-state index is 12.5. The van der Waals surface area contributed by atoms with Crippen molar-refractivity contribution in [3.05, 3.63) is 16.0 Å². The fraction of sp³-hybridized carbons (Fsp3) is 0.571. The molecule has 0 unspecified atom stereocenters. The number of hydrogen-bond acceptors (Lipinski definition) is 5. The molecular formula is C14H16F3NO3S2. The number of fused-ring (bicyclic) bond motifs is 1. The highest BCUT2D eigenvalue weighted by Crippen LogP contribution is 2.40. The number of rotatable bonds is 2. The van der Waals surface area contributed by atoms with E-state index >= 15 is 0 Å². The van der Waals surface area contributed by atoms with Crippen molar-refractivity contribution in [2.24, 2.45) is 0 Å². The molecular weight excluding hydrogens is 351 g/mol. The average molecular weight is 367 g/mol. The molecule has 0 saturated carbocycles. The molecule has 1 aliphatic heterocycles. The Morgan fingerprint density at radius 3 is 2.43 bits per heavy atom. The molecule has 1 amide bonds. The van der Waals surface area contributed by atoms with Gasteiger partial charge in [-0.05, 0) is 38.5 Å². The molecule has 23 heavy (non-hydrogen) atoms. The van der Waals surface area contributed by atoms with E-state index in [9.17, 15) is 22.8 Å². The van der Waals surface area contributed by atoms with E-state index in [1.165, 1.54) is 0 Å². The molecule has 0 aliphatic carbocycles. The van der Waals surface area contributed by atoms with Gasteiger partial charge in [0.05, 0.1) is 5.56 Å². The van der Waals surface area contributed by atoms with Crippen molar-refractivity contribution in [3.8, 4) is 0 Å². The first kappa shape index (κ1) is 18.1. The third-order valence-electron chi connectivity index (χ3n) is 2.91. The van der Waals surface area contributed by atoms with Gasteiger partial charge in [-0.1, -0.05) is 0 Å². The second kappa shape index (κ2) is 6.35. The highest BCUT2D eigenvalue weighted by atomic mass is 32.2. The molecule has 0 atom stereocenters. The first-order chi connectivity index (χ1) is 10.5. The van der Waals surface area contributed by atoms with Crippen LogP contribution in [0.2, 0.25) is 0 Å². The summed E-state index contributed by atoms with van der Waals surface area (Å²) in [5.41, 5.74) is -0.0426. The Hall–Kier alpha value is -1.22. The van der Waals surface area contributed by atoms with Crippen LogP contribution in [0.3, 0.4) is 0 Å². The molecule has 128 valence electrons. The van der Waals surface area contributed by atoms with Crippen LogP contribution < -0.4 is 5.32 Å². The second-order valence-corrected chi connectivity index (χ2v) is 8.17. The Morgan fingerprint density at radius 1 is 1.22 bits per heavy atom. The number of thiophene rings is 1. The van der Waals surface area contributed by atoms with Gasteiger partial charge in [0, 0.05) is 10.6 Å². The molecule has 1 aliphatic rings. The first-order valence-corrected chi connectivity index (χ1v) is 8.80. The molecule has 0 bridgehead atoms. The van der Waals surface area contributed by atoms with E-state index in [2.05, 4.69) is 0 Å². The molecule has 1 aromatic heterocycles. The van der Waals surface area contributed by atoms with Gasteiger partial charge in [0.1, 0.15) is 10.6 Å². The Kier molecular flexibility index (Phi) is 5.00. The number of halogens is 3. The summed E-state index contributed by atoms with van der Waals surface area (Å²) in [5, 5.41) is 1.73. The van der Waals surface area contributed by atoms with Gasteiger partial charge in [0.2, 0.25) is 0 Å². The van der Waals surface area contributed by atoms with Crippen molar-refractivity contribution in [1.29, 1.82) is 0 Å². The Bertz CT molecular complexity index is 632. The van der Waals surface area contributed by atoms with E-state index in [1.807, 2.05) is 5.32 Å². The van der Waals surface area contributed by atoms with E-state index in [0.29, 0.717) is 17.7 Å². The Balaban J connectivity index is 2.39. The topological polar surface area (TPSA) is 55.4 Å². The molecule has 0 aromatic carbocycles. The van der Waals surface area contributed by atoms with Crippen LogP contribution in [-0.2, 0) is 21.7 Å². The number of anilines is 1. The first-order valence-electron chi connectivity index (χ1n) is 6.83. The minimum absolute atomic E-state index is 0.0535. The van der Waals surface area contributed by atoms with Crippen LogP contribution in [0.1, 0.15) is 41.6 Å². The van der Waals surface area contributed by atoms with Crippen LogP contribution in [0.5, 0.6) is 0 Å². The van der Waals surface area contributed by atoms with Crippen LogP contribution >= 0.6 is 23.1 Å². The molecule has 2 rings (SSSR count). The summed E-state index contributed by atoms with van der Waals surface area (Å²) in [4.78, 5) is 24.4. The van der Waals surface area contributed by atoms with E-state index in [4.69, 9.17) is 4.74 Å². The van der Waals surface area contributed by atoms with Crippen LogP contribution in [0.15, 0.2) is 0 Å². The van der Waals surface area contributed by atoms with Gasteiger partial charge < -0.3 is 10.1 Å². The molecule has 0 radical (unpaired) electrons. The fourth-order valence-electron chi connectivity index (χ4n) is 2.04. The van der Waals surface area contributed by atoms with Crippen molar-refractivity contribution in [3.63, 3.8) is 0 Å². The maximum Gasteiger partial charge on any atom is 0.471 e. The highest BCUT2D eigenvalue weighted by molar-refractivity contribution is 7.98. The smallest absolute Gasteiger partial charge is 0.456 e. The summed E-state index contributed by atoms with van der Waals surface area (Å²) in [6, 6.07) is 0. The molecule has 1 aromatic rings. The molecule has 9 heteroatoms. The molecule has 2 heterocycles. The zero-order valence-electron chi connectivity index (χ0n) is 12.8. The minimum atomic E-state index is -5.01. The van der Waals surface area contributed by atoms with Crippen molar-refractivity contribution in [1.82, 2.24) is 0 Å². The monoisotopic (exact) mass is 367 g/mol. The van der Waals surface area contributed by atoms with Crippen LogP contribution in [0.4, 0.5) is 18.2 Å². The zero-order valence-corrected chi connectivity index (χ0v) is 14.4. The number of carbonyl (C=O) groups excluding carboxylic acids is 2. The summed E-state index contributed by atoms with van der Waals surface area (Å²) >= 11 is 2.64. The number of esters is 1. The number of thioether (sulfide) groups is 1. The lowest BCUT2D eigenvalue weighted by Gasteiger charge is -2.21. The van der Waals surface area contributed by atoms with Gasteiger partial charge in [-0.15, -0.1) is 11.3 Å². The van der Waals surface area contributed by atoms with E-state index in [1.54, 1.807) is 32.5 Å². The van der Waals surface area contributed by atoms with Crippen molar-refractivity contribution in [2.45, 2.75) is 44.7 Å². The lowest BCUT2D eigenvalue weighted by Crippen LogP contribution is -2.31. The van der Waals surface area contributed by atoms with E-state index < -0.39 is 23.7 Å². The average Bonchev–Trinajstić information content (AvgIpc) is 2.73. The summed E-state index contributed by atoms with van der Waals surface area (Å²) in [7, 11) is 0. The molecule has 1 N–H and O–H groups in total. The van der Waals surface area contributed by atoms with Crippen LogP contribution in [0.25, 0.3) is 0 Å². The van der Waals surface area contributed by atoms with Gasteiger partial charge in [-0.2, -0.15) is 24.9 Å². The standard InChI is InChI=1S/C14H16F3NO3S2/c1-13(2,3)21-11(19)9-7-4-5-22-6-8(7)23-10(9)18-12(20)14(15,16)17/h4-6H2,1-3H3,(H,18,20). The van der Waals surface area contributed by atoms with Crippen LogP contribution in [-0.4, -0.2) is 29.4 Å². The normalized spacial score (nSPS) is 15.0. The lowest BCUT2D eigenvalue weighted by atomic mass is 10.1. The Labute approximate surface area is 139 Å². The molecule has 4 nitrogen and oxygen atoms in total. The lowest BCUT2D eigenvalue weighted by molar-refractivity contribution is -0.167. The third kappa shape index (κ3) is 4.41. The minimum Gasteiger partial charge on any atom is -0.456 e. The van der Waals surface area contributed by atoms with Crippen LogP contribution in [0, 0.1) is 0 Å². The van der Waals surface area contributed by atoms with Gasteiger partial charge in [0.15, 0.2) is 0 Å². The summed E-state index contributed by atoms with van der Waals surface area (Å²) in [5.74, 6) is -1.42. The summed E-state index contributed by atoms with van der Waals surface area (Å²) in [6.45, 7) is 5.02. The van der Waals surface area contributed by atoms with Gasteiger partial charge in [-0.25, -0.2) is 4.79 Å². The fourth-order valence-corrected chi connectivity index (χ4v) is 4.40. The number of amides is 1. The van der Waals surface area contributed by atoms with Gasteiger partial charge >= 0.3 is 18.1 Å². The maximum absolute atomic E-state index is 12.5. The molecule has 0 saturated heterocycles. The van der Waals surface area contributed by atoms with Crippen molar-refractivity contribution >= 4 is 40.0 Å². The van der Waals surface area contributed by atoms with Crippen molar-refractivity contribution < 1.29 is 27.5 Å². The van der Waals surface area contributed by atoms with Gasteiger partial charge in [-0.3, -0.25) is 4.79 Å². The predicted octanol–water partition coefficient (Wildman–Crippen LogP) is 3.99. The highest BCUT2D eigenvalue weighted by Gasteiger charge is 2.40. The number of carbonyl (C=O) groups is 2. The molecule has 0 spiro atoms. The predicted molar refractivity (Wildman–Crippen MR) is 84.0 cm³/mol. The number of nitrogens with one attached hydrogen (secondary N) is 1. The quantitative estimate of drug-likeness (QED) is 0.803. The number of hydrogen-bond donors (Lipinski definition) is 1. The third-order valence-corrected chi connectivity index (χ3v) is 5.22. The van der Waals surface area contributed by atoms with E-state index in [0.717, 1.165) is 22.0 Å². The number of ether oxygens (including phenoxy) is 1.